The van der Waals surface area contributed by atoms with E-state index in [0.717, 1.165) is 0 Å². The molecule has 58 valence electrons. The summed E-state index contributed by atoms with van der Waals surface area (Å²) in [6, 6.07) is 4.35. The quantitative estimate of drug-likeness (QED) is 0.348. The van der Waals surface area contributed by atoms with Gasteiger partial charge in [-0.05, 0) is 13.0 Å². The molecule has 1 aromatic rings. The molecule has 0 bridgehead atoms. The Hall–Kier alpha value is -1.58. The summed E-state index contributed by atoms with van der Waals surface area (Å²) in [5, 5.41) is 17.4. The Balaban J connectivity index is 3.23. The molecule has 0 aliphatic heterocycles. The zero-order valence-electron chi connectivity index (χ0n) is 6.00. The van der Waals surface area contributed by atoms with Gasteiger partial charge in [-0.3, -0.25) is 10.1 Å². The highest BCUT2D eigenvalue weighted by Gasteiger charge is 2.11. The molecule has 0 aliphatic carbocycles. The minimum Gasteiger partial charge on any atom is -0.593 e. The maximum absolute atomic E-state index is 10.3. The average molecular weight is 154 g/mol. The lowest BCUT2D eigenvalue weighted by atomic mass is 10.2. The van der Waals surface area contributed by atoms with E-state index >= 15 is 0 Å². The molecule has 0 aliphatic rings. The summed E-state index contributed by atoms with van der Waals surface area (Å²) < 4.78 is 0. The van der Waals surface area contributed by atoms with E-state index in [2.05, 4.69) is 0 Å². The summed E-state index contributed by atoms with van der Waals surface area (Å²) in [5.41, 5.74) is 0.600. The predicted molar refractivity (Wildman–Crippen MR) is 40.9 cm³/mol. The molecule has 0 heterocycles. The largest absolute Gasteiger partial charge is 0.593 e. The maximum atomic E-state index is 10.3. The first kappa shape index (κ1) is 7.53. The van der Waals surface area contributed by atoms with Crippen molar-refractivity contribution in [3.8, 4) is 5.75 Å². The highest BCUT2D eigenvalue weighted by atomic mass is 16.6. The fourth-order valence-corrected chi connectivity index (χ4v) is 0.806. The Morgan fingerprint density at radius 3 is 2.64 bits per heavy atom. The predicted octanol–water partition coefficient (Wildman–Crippen LogP) is 1.34. The van der Waals surface area contributed by atoms with Gasteiger partial charge in [0.1, 0.15) is 6.07 Å². The topological polar surface area (TPSA) is 66.0 Å². The van der Waals surface area contributed by atoms with Crippen LogP contribution in [0.3, 0.4) is 0 Å². The second-order valence-corrected chi connectivity index (χ2v) is 2.26. The van der Waals surface area contributed by atoms with Crippen LogP contribution in [0, 0.1) is 17.0 Å². The summed E-state index contributed by atoms with van der Waals surface area (Å²) in [6.45, 7) is 1.65. The number of nitro groups is 1. The molecule has 0 spiro atoms. The summed E-state index contributed by atoms with van der Waals surface area (Å²) in [7, 11) is 0. The minimum absolute atomic E-state index is 0.0116. The highest BCUT2D eigenvalue weighted by molar-refractivity contribution is 5.44. The third-order valence-corrected chi connectivity index (χ3v) is 1.41. The first-order valence-corrected chi connectivity index (χ1v) is 3.08. The molecule has 0 saturated carbocycles. The molecule has 1 rings (SSSR count). The van der Waals surface area contributed by atoms with Crippen LogP contribution in [-0.4, -0.2) is 10.0 Å². The van der Waals surface area contributed by atoms with Crippen LogP contribution in [0.15, 0.2) is 18.2 Å². The van der Waals surface area contributed by atoms with Crippen molar-refractivity contribution in [3.63, 3.8) is 0 Å². The van der Waals surface area contributed by atoms with Gasteiger partial charge in [0.2, 0.25) is 0 Å². The van der Waals surface area contributed by atoms with Crippen LogP contribution in [0.4, 0.5) is 5.69 Å². The standard InChI is InChI=1S/C7H7NO3/c1-5-2-3-6(9)4-7(5)8(10)11/h2-4,9H,1H3/p+1. The molecule has 1 aromatic carbocycles. The zero-order chi connectivity index (χ0) is 8.43. The smallest absolute Gasteiger partial charge is 0.281 e. The van der Waals surface area contributed by atoms with Gasteiger partial charge in [-0.2, -0.15) is 0 Å². The van der Waals surface area contributed by atoms with Crippen LogP contribution < -0.4 is 0 Å². The number of hydrogen-bond donors (Lipinski definition) is 0. The first-order chi connectivity index (χ1) is 5.11. The lowest BCUT2D eigenvalue weighted by molar-refractivity contribution is -0.385. The maximum Gasteiger partial charge on any atom is 0.281 e. The van der Waals surface area contributed by atoms with Crippen LogP contribution in [0.2, 0.25) is 0 Å². The summed E-state index contributed by atoms with van der Waals surface area (Å²) >= 11 is 0. The van der Waals surface area contributed by atoms with Crippen molar-refractivity contribution >= 4 is 5.69 Å². The SMILES string of the molecule is Cc1ccc([OH2+])cc1[N+](=O)[O-]. The Labute approximate surface area is 63.2 Å². The van der Waals surface area contributed by atoms with Crippen molar-refractivity contribution in [1.82, 2.24) is 0 Å². The zero-order valence-corrected chi connectivity index (χ0v) is 6.00. The molecular formula is C7H8NO3+. The molecular weight excluding hydrogens is 146 g/mol. The molecule has 2 N–H and O–H groups in total. The molecule has 4 heteroatoms. The fourth-order valence-electron chi connectivity index (χ4n) is 0.806. The molecule has 0 unspecified atom stereocenters. The minimum atomic E-state index is -0.479. The van der Waals surface area contributed by atoms with E-state index in [9.17, 15) is 10.1 Å². The molecule has 0 atom stereocenters. The van der Waals surface area contributed by atoms with Crippen molar-refractivity contribution < 1.29 is 10.0 Å². The molecule has 11 heavy (non-hydrogen) atoms. The van der Waals surface area contributed by atoms with Crippen molar-refractivity contribution in [2.75, 3.05) is 0 Å². The molecule has 0 radical (unpaired) electrons. The van der Waals surface area contributed by atoms with Crippen LogP contribution in [0.1, 0.15) is 5.56 Å². The highest BCUT2D eigenvalue weighted by Crippen LogP contribution is 2.22. The van der Waals surface area contributed by atoms with Crippen molar-refractivity contribution in [1.29, 1.82) is 0 Å². The van der Waals surface area contributed by atoms with Crippen molar-refractivity contribution in [3.05, 3.63) is 33.9 Å². The van der Waals surface area contributed by atoms with E-state index in [1.165, 1.54) is 12.1 Å². The Morgan fingerprint density at radius 2 is 2.18 bits per heavy atom. The van der Waals surface area contributed by atoms with Gasteiger partial charge in [-0.25, -0.2) is 0 Å². The number of nitro benzene ring substituents is 1. The van der Waals surface area contributed by atoms with Gasteiger partial charge in [0.25, 0.3) is 11.4 Å². The van der Waals surface area contributed by atoms with E-state index in [1.807, 2.05) is 0 Å². The molecule has 0 fully saturated rings. The van der Waals surface area contributed by atoms with Gasteiger partial charge < -0.3 is 5.11 Å². The summed E-state index contributed by atoms with van der Waals surface area (Å²) in [4.78, 5) is 9.82. The van der Waals surface area contributed by atoms with E-state index in [-0.39, 0.29) is 11.4 Å². The normalized spacial score (nSPS) is 9.55. The summed E-state index contributed by atoms with van der Waals surface area (Å²) in [5.74, 6) is 0.169. The first-order valence-electron chi connectivity index (χ1n) is 3.08. The monoisotopic (exact) mass is 154 g/mol. The lowest BCUT2D eigenvalue weighted by Gasteiger charge is -1.93. The van der Waals surface area contributed by atoms with E-state index in [0.29, 0.717) is 5.56 Å². The van der Waals surface area contributed by atoms with Crippen LogP contribution >= 0.6 is 0 Å². The average Bonchev–Trinajstić information content (AvgIpc) is 1.94. The van der Waals surface area contributed by atoms with E-state index < -0.39 is 4.92 Å². The van der Waals surface area contributed by atoms with Crippen LogP contribution in [0.25, 0.3) is 0 Å². The van der Waals surface area contributed by atoms with Gasteiger partial charge >= 0.3 is 0 Å². The molecule has 0 amide bonds. The van der Waals surface area contributed by atoms with Crippen molar-refractivity contribution in [2.24, 2.45) is 0 Å². The number of rotatable bonds is 1. The van der Waals surface area contributed by atoms with Gasteiger partial charge in [0.05, 0.1) is 4.92 Å². The second-order valence-electron chi connectivity index (χ2n) is 2.26. The molecule has 4 nitrogen and oxygen atoms in total. The Bertz CT molecular complexity index is 296. The van der Waals surface area contributed by atoms with Crippen LogP contribution in [-0.2, 0) is 0 Å². The third kappa shape index (κ3) is 1.46. The van der Waals surface area contributed by atoms with Crippen molar-refractivity contribution in [2.45, 2.75) is 6.92 Å². The summed E-state index contributed by atoms with van der Waals surface area (Å²) in [6.07, 6.45) is 0. The van der Waals surface area contributed by atoms with Crippen LogP contribution in [0.5, 0.6) is 5.75 Å². The molecule has 0 aromatic heterocycles. The number of aryl methyl sites for hydroxylation is 1. The second kappa shape index (κ2) is 2.57. The van der Waals surface area contributed by atoms with Gasteiger partial charge in [0, 0.05) is 11.6 Å². The number of hydrogen-bond acceptors (Lipinski definition) is 2. The van der Waals surface area contributed by atoms with E-state index in [4.69, 9.17) is 5.11 Å². The van der Waals surface area contributed by atoms with E-state index in [1.54, 1.807) is 13.0 Å². The number of benzene rings is 1. The van der Waals surface area contributed by atoms with Gasteiger partial charge in [-0.1, -0.05) is 0 Å². The lowest BCUT2D eigenvalue weighted by Crippen LogP contribution is -1.90. The third-order valence-electron chi connectivity index (χ3n) is 1.41. The Kier molecular flexibility index (Phi) is 1.76. The number of nitrogens with zero attached hydrogens (tertiary/aromatic N) is 1. The Morgan fingerprint density at radius 1 is 1.55 bits per heavy atom. The van der Waals surface area contributed by atoms with Gasteiger partial charge in [0.15, 0.2) is 0 Å². The van der Waals surface area contributed by atoms with Gasteiger partial charge in [-0.15, -0.1) is 0 Å². The fraction of sp³-hybridized carbons (Fsp3) is 0.143. The molecule has 0 saturated heterocycles.